The fraction of sp³-hybridized carbons (Fsp3) is 0.308. The number of benzene rings is 1. The lowest BCUT2D eigenvalue weighted by molar-refractivity contribution is 0.0698. The van der Waals surface area contributed by atoms with Crippen LogP contribution in [0.5, 0.6) is 0 Å². The van der Waals surface area contributed by atoms with Gasteiger partial charge in [-0.1, -0.05) is 6.07 Å². The third kappa shape index (κ3) is 3.10. The van der Waals surface area contributed by atoms with Gasteiger partial charge in [-0.25, -0.2) is 4.79 Å². The van der Waals surface area contributed by atoms with Crippen LogP contribution in [0.4, 0.5) is 0 Å². The van der Waals surface area contributed by atoms with Gasteiger partial charge in [-0.2, -0.15) is 0 Å². The minimum Gasteiger partial charge on any atom is -0.478 e. The molecule has 2 aromatic rings. The zero-order valence-electron chi connectivity index (χ0n) is 11.3. The molecular formula is C13H14N2O5S. The van der Waals surface area contributed by atoms with E-state index in [1.165, 1.54) is 16.7 Å². The molecule has 0 saturated carbocycles. The van der Waals surface area contributed by atoms with E-state index >= 15 is 0 Å². The van der Waals surface area contributed by atoms with Gasteiger partial charge in [0, 0.05) is 29.4 Å². The molecule has 2 N–H and O–H groups in total. The predicted octanol–water partition coefficient (Wildman–Crippen LogP) is 0.157. The van der Waals surface area contributed by atoms with Crippen molar-refractivity contribution in [2.75, 3.05) is 12.0 Å². The summed E-state index contributed by atoms with van der Waals surface area (Å²) in [5.74, 6) is -0.782. The third-order valence-corrected chi connectivity index (χ3v) is 3.92. The second kappa shape index (κ2) is 6.04. The van der Waals surface area contributed by atoms with Crippen molar-refractivity contribution in [1.29, 1.82) is 0 Å². The Kier molecular flexibility index (Phi) is 4.37. The van der Waals surface area contributed by atoms with Crippen molar-refractivity contribution in [3.8, 4) is 0 Å². The lowest BCUT2D eigenvalue weighted by atomic mass is 10.1. The number of carboxylic acid groups (broad SMARTS) is 1. The lowest BCUT2D eigenvalue weighted by Gasteiger charge is -2.10. The molecule has 0 radical (unpaired) electrons. The molecule has 0 amide bonds. The van der Waals surface area contributed by atoms with Crippen molar-refractivity contribution in [3.63, 3.8) is 0 Å². The van der Waals surface area contributed by atoms with E-state index in [-0.39, 0.29) is 17.6 Å². The van der Waals surface area contributed by atoms with E-state index in [0.717, 1.165) is 0 Å². The lowest BCUT2D eigenvalue weighted by Crippen LogP contribution is -2.37. The van der Waals surface area contributed by atoms with E-state index in [0.29, 0.717) is 17.7 Å². The molecule has 112 valence electrons. The van der Waals surface area contributed by atoms with Crippen LogP contribution in [0.15, 0.2) is 27.8 Å². The van der Waals surface area contributed by atoms with Crippen LogP contribution in [0.25, 0.3) is 11.0 Å². The summed E-state index contributed by atoms with van der Waals surface area (Å²) in [4.78, 5) is 37.1. The molecule has 0 saturated heterocycles. The van der Waals surface area contributed by atoms with Gasteiger partial charge in [0.2, 0.25) is 0 Å². The normalized spacial score (nSPS) is 12.4. The quantitative estimate of drug-likeness (QED) is 0.764. The Hall–Kier alpha value is -2.22. The molecule has 2 rings (SSSR count). The second-order valence-electron chi connectivity index (χ2n) is 4.55. The number of aromatic amines is 1. The van der Waals surface area contributed by atoms with Gasteiger partial charge < -0.3 is 14.7 Å². The maximum Gasteiger partial charge on any atom is 0.337 e. The van der Waals surface area contributed by atoms with Crippen molar-refractivity contribution in [1.82, 2.24) is 9.55 Å². The Morgan fingerprint density at radius 2 is 2.10 bits per heavy atom. The first-order valence-corrected chi connectivity index (χ1v) is 7.93. The Morgan fingerprint density at radius 1 is 1.38 bits per heavy atom. The van der Waals surface area contributed by atoms with Crippen molar-refractivity contribution >= 4 is 27.8 Å². The summed E-state index contributed by atoms with van der Waals surface area (Å²) in [6.45, 7) is 0.210. The molecule has 7 nitrogen and oxygen atoms in total. The number of aromatic carboxylic acids is 1. The highest BCUT2D eigenvalue weighted by molar-refractivity contribution is 7.84. The Morgan fingerprint density at radius 3 is 2.71 bits per heavy atom. The van der Waals surface area contributed by atoms with Crippen molar-refractivity contribution in [2.45, 2.75) is 13.0 Å². The van der Waals surface area contributed by atoms with Crippen LogP contribution in [0.3, 0.4) is 0 Å². The van der Waals surface area contributed by atoms with E-state index in [9.17, 15) is 18.6 Å². The first-order chi connectivity index (χ1) is 9.91. The molecule has 1 heterocycles. The molecule has 1 atom stereocenters. The topological polar surface area (TPSA) is 109 Å². The number of nitrogens with zero attached hydrogens (tertiary/aromatic N) is 1. The Labute approximate surface area is 121 Å². The molecule has 0 spiro atoms. The Bertz CT molecular complexity index is 837. The fourth-order valence-corrected chi connectivity index (χ4v) is 2.66. The van der Waals surface area contributed by atoms with E-state index in [4.69, 9.17) is 5.11 Å². The summed E-state index contributed by atoms with van der Waals surface area (Å²) in [5, 5.41) is 9.13. The summed E-state index contributed by atoms with van der Waals surface area (Å²) in [6, 6.07) is 4.44. The summed E-state index contributed by atoms with van der Waals surface area (Å²) >= 11 is 0. The SMILES string of the molecule is CS(=O)CCCn1c(=O)c(=O)[nH]c2c(C(=O)O)cccc21. The smallest absolute Gasteiger partial charge is 0.337 e. The van der Waals surface area contributed by atoms with Crippen LogP contribution in [0.2, 0.25) is 0 Å². The van der Waals surface area contributed by atoms with Crippen molar-refractivity contribution < 1.29 is 14.1 Å². The first-order valence-electron chi connectivity index (χ1n) is 6.21. The van der Waals surface area contributed by atoms with Crippen molar-refractivity contribution in [3.05, 3.63) is 44.5 Å². The molecule has 0 aliphatic rings. The van der Waals surface area contributed by atoms with E-state index < -0.39 is 27.9 Å². The summed E-state index contributed by atoms with van der Waals surface area (Å²) in [6.07, 6.45) is 2.01. The second-order valence-corrected chi connectivity index (χ2v) is 6.10. The van der Waals surface area contributed by atoms with Gasteiger partial charge in [0.15, 0.2) is 0 Å². The van der Waals surface area contributed by atoms with Gasteiger partial charge in [0.05, 0.1) is 16.6 Å². The minimum absolute atomic E-state index is 0.0718. The number of para-hydroxylation sites is 1. The standard InChI is InChI=1S/C13H14N2O5S/c1-21(20)7-3-6-15-9-5-2-4-8(13(18)19)10(9)14-11(16)12(15)17/h2,4-5H,3,6-7H2,1H3,(H,14,16)(H,18,19). The molecule has 8 heteroatoms. The van der Waals surface area contributed by atoms with E-state index in [1.807, 2.05) is 0 Å². The number of hydrogen-bond acceptors (Lipinski definition) is 4. The molecule has 0 bridgehead atoms. The summed E-state index contributed by atoms with van der Waals surface area (Å²) in [5.41, 5.74) is -1.22. The predicted molar refractivity (Wildman–Crippen MR) is 79.3 cm³/mol. The number of hydrogen-bond donors (Lipinski definition) is 2. The number of carboxylic acids is 1. The fourth-order valence-electron chi connectivity index (χ4n) is 2.12. The first kappa shape index (κ1) is 15.2. The third-order valence-electron chi connectivity index (χ3n) is 3.06. The van der Waals surface area contributed by atoms with Crippen LogP contribution in [-0.4, -0.2) is 36.8 Å². The molecule has 0 aliphatic heterocycles. The summed E-state index contributed by atoms with van der Waals surface area (Å²) < 4.78 is 12.3. The van der Waals surface area contributed by atoms with Gasteiger partial charge in [0.1, 0.15) is 0 Å². The number of fused-ring (bicyclic) bond motifs is 1. The molecule has 0 fully saturated rings. The van der Waals surface area contributed by atoms with Gasteiger partial charge in [-0.05, 0) is 18.6 Å². The zero-order valence-corrected chi connectivity index (χ0v) is 12.1. The maximum absolute atomic E-state index is 11.9. The highest BCUT2D eigenvalue weighted by atomic mass is 32.2. The maximum atomic E-state index is 11.9. The number of aryl methyl sites for hydroxylation is 1. The number of H-pyrrole nitrogens is 1. The molecule has 21 heavy (non-hydrogen) atoms. The highest BCUT2D eigenvalue weighted by Gasteiger charge is 2.14. The minimum atomic E-state index is -1.18. The zero-order chi connectivity index (χ0) is 15.6. The van der Waals surface area contributed by atoms with Crippen LogP contribution in [-0.2, 0) is 17.3 Å². The van der Waals surface area contributed by atoms with Gasteiger partial charge in [-0.15, -0.1) is 0 Å². The van der Waals surface area contributed by atoms with Crippen LogP contribution < -0.4 is 11.1 Å². The molecule has 1 unspecified atom stereocenters. The number of carbonyl (C=O) groups is 1. The Balaban J connectivity index is 2.63. The number of nitrogens with one attached hydrogen (secondary N) is 1. The average Bonchev–Trinajstić information content (AvgIpc) is 2.42. The van der Waals surface area contributed by atoms with Crippen LogP contribution in [0.1, 0.15) is 16.8 Å². The van der Waals surface area contributed by atoms with Gasteiger partial charge in [-0.3, -0.25) is 13.8 Å². The molecule has 1 aromatic heterocycles. The van der Waals surface area contributed by atoms with Crippen LogP contribution >= 0.6 is 0 Å². The summed E-state index contributed by atoms with van der Waals surface area (Å²) in [7, 11) is -0.992. The largest absolute Gasteiger partial charge is 0.478 e. The number of aromatic nitrogens is 2. The van der Waals surface area contributed by atoms with Crippen molar-refractivity contribution in [2.24, 2.45) is 0 Å². The van der Waals surface area contributed by atoms with Gasteiger partial charge in [0.25, 0.3) is 0 Å². The highest BCUT2D eigenvalue weighted by Crippen LogP contribution is 2.14. The van der Waals surface area contributed by atoms with E-state index in [2.05, 4.69) is 4.98 Å². The molecular weight excluding hydrogens is 296 g/mol. The molecule has 0 aliphatic carbocycles. The number of rotatable bonds is 5. The molecule has 1 aromatic carbocycles. The van der Waals surface area contributed by atoms with Crippen LogP contribution in [0, 0.1) is 0 Å². The van der Waals surface area contributed by atoms with E-state index in [1.54, 1.807) is 12.3 Å². The monoisotopic (exact) mass is 310 g/mol. The average molecular weight is 310 g/mol. The van der Waals surface area contributed by atoms with Gasteiger partial charge >= 0.3 is 17.1 Å².